The van der Waals surface area contributed by atoms with Crippen LogP contribution < -0.4 is 11.5 Å². The van der Waals surface area contributed by atoms with E-state index in [-0.39, 0.29) is 5.78 Å². The van der Waals surface area contributed by atoms with Gasteiger partial charge in [0.05, 0.1) is 17.1 Å². The predicted molar refractivity (Wildman–Crippen MR) is 84.4 cm³/mol. The van der Waals surface area contributed by atoms with Gasteiger partial charge in [-0.1, -0.05) is 0 Å². The number of hydrogen-bond acceptors (Lipinski definition) is 4. The van der Waals surface area contributed by atoms with Gasteiger partial charge in [-0.2, -0.15) is 0 Å². The van der Waals surface area contributed by atoms with Gasteiger partial charge in [0.25, 0.3) is 0 Å². The number of aryl methyl sites for hydroxylation is 1. The quantitative estimate of drug-likeness (QED) is 0.607. The predicted octanol–water partition coefficient (Wildman–Crippen LogP) is 3.02. The van der Waals surface area contributed by atoms with Crippen molar-refractivity contribution < 1.29 is 4.79 Å². The number of benzene rings is 1. The maximum absolute atomic E-state index is 11.5. The Morgan fingerprint density at radius 2 is 1.50 bits per heavy atom. The highest BCUT2D eigenvalue weighted by atomic mass is 16.1. The molecule has 0 aromatic heterocycles. The summed E-state index contributed by atoms with van der Waals surface area (Å²) >= 11 is 0. The number of nitrogens with zero attached hydrogens (tertiary/aromatic N) is 1. The topological polar surface area (TPSA) is 81.5 Å². The number of anilines is 2. The zero-order valence-corrected chi connectivity index (χ0v) is 12.2. The van der Waals surface area contributed by atoms with Gasteiger partial charge in [0.15, 0.2) is 5.78 Å². The van der Waals surface area contributed by atoms with Crippen molar-refractivity contribution in [2.75, 3.05) is 11.5 Å². The van der Waals surface area contributed by atoms with Gasteiger partial charge < -0.3 is 11.5 Å². The van der Waals surface area contributed by atoms with Crippen molar-refractivity contribution in [3.05, 3.63) is 40.5 Å². The Kier molecular flexibility index (Phi) is 3.49. The second kappa shape index (κ2) is 4.96. The van der Waals surface area contributed by atoms with Crippen LogP contribution in [0.2, 0.25) is 0 Å². The molecule has 0 saturated heterocycles. The fraction of sp³-hybridized carbons (Fsp3) is 0.250. The van der Waals surface area contributed by atoms with E-state index in [4.69, 9.17) is 11.5 Å². The van der Waals surface area contributed by atoms with E-state index < -0.39 is 0 Å². The molecule has 0 aliphatic heterocycles. The van der Waals surface area contributed by atoms with Crippen molar-refractivity contribution in [3.63, 3.8) is 0 Å². The van der Waals surface area contributed by atoms with Crippen molar-refractivity contribution in [2.45, 2.75) is 27.7 Å². The summed E-state index contributed by atoms with van der Waals surface area (Å²) in [5.41, 5.74) is 18.3. The molecule has 4 heteroatoms. The molecule has 0 unspecified atom stereocenters. The minimum absolute atomic E-state index is 0.00316. The van der Waals surface area contributed by atoms with Crippen LogP contribution in [0.1, 0.15) is 25.0 Å². The lowest BCUT2D eigenvalue weighted by Crippen LogP contribution is -2.11. The normalized spacial score (nSPS) is 15.0. The summed E-state index contributed by atoms with van der Waals surface area (Å²) in [6, 6.07) is 1.88. The molecule has 0 saturated carbocycles. The van der Waals surface area contributed by atoms with Gasteiger partial charge in [0.2, 0.25) is 0 Å². The van der Waals surface area contributed by atoms with Crippen LogP contribution in [0, 0.1) is 13.8 Å². The van der Waals surface area contributed by atoms with E-state index in [9.17, 15) is 4.79 Å². The Morgan fingerprint density at radius 3 is 2.05 bits per heavy atom. The Morgan fingerprint density at radius 1 is 0.950 bits per heavy atom. The second-order valence-electron chi connectivity index (χ2n) is 5.18. The molecule has 0 spiro atoms. The molecule has 0 fully saturated rings. The molecule has 20 heavy (non-hydrogen) atoms. The first-order valence-electron chi connectivity index (χ1n) is 6.46. The highest BCUT2D eigenvalue weighted by Crippen LogP contribution is 2.33. The van der Waals surface area contributed by atoms with E-state index >= 15 is 0 Å². The van der Waals surface area contributed by atoms with Crippen LogP contribution in [0.15, 0.2) is 34.4 Å². The molecule has 4 nitrogen and oxygen atoms in total. The number of nitrogen functional groups attached to an aromatic ring is 2. The van der Waals surface area contributed by atoms with Gasteiger partial charge in [0, 0.05) is 5.69 Å². The summed E-state index contributed by atoms with van der Waals surface area (Å²) in [4.78, 5) is 16.1. The fourth-order valence-electron chi connectivity index (χ4n) is 2.30. The Hall–Kier alpha value is -2.36. The lowest BCUT2D eigenvalue weighted by molar-refractivity contribution is -0.110. The zero-order chi connectivity index (χ0) is 15.0. The molecule has 0 bridgehead atoms. The monoisotopic (exact) mass is 269 g/mol. The smallest absolute Gasteiger partial charge is 0.179 e. The van der Waals surface area contributed by atoms with Crippen LogP contribution in [0.5, 0.6) is 0 Å². The number of allylic oxidation sites excluding steroid dienone is 4. The third-order valence-electron chi connectivity index (χ3n) is 3.56. The van der Waals surface area contributed by atoms with Gasteiger partial charge in [-0.25, -0.2) is 4.99 Å². The van der Waals surface area contributed by atoms with Crippen molar-refractivity contribution in [3.8, 4) is 0 Å². The maximum Gasteiger partial charge on any atom is 0.179 e. The van der Waals surface area contributed by atoms with Crippen molar-refractivity contribution in [1.82, 2.24) is 0 Å². The molecular formula is C16H19N3O. The SMILES string of the molecule is CC1=CC(=O)C=C(C)C1=Nc1cc(C)c(N)c(C)c1N. The molecule has 1 aliphatic rings. The van der Waals surface area contributed by atoms with Gasteiger partial charge in [-0.05, 0) is 68.2 Å². The average Bonchev–Trinajstić information content (AvgIpc) is 2.37. The highest BCUT2D eigenvalue weighted by molar-refractivity contribution is 6.22. The molecule has 1 aromatic carbocycles. The van der Waals surface area contributed by atoms with E-state index in [1.165, 1.54) is 0 Å². The summed E-state index contributed by atoms with van der Waals surface area (Å²) in [5, 5.41) is 0. The number of rotatable bonds is 1. The lowest BCUT2D eigenvalue weighted by Gasteiger charge is -2.15. The summed E-state index contributed by atoms with van der Waals surface area (Å²) in [7, 11) is 0. The molecule has 0 heterocycles. The van der Waals surface area contributed by atoms with Crippen LogP contribution in [-0.4, -0.2) is 11.5 Å². The Bertz CT molecular complexity index is 670. The molecular weight excluding hydrogens is 250 g/mol. The number of aliphatic imine (C=N–C) groups is 1. The summed E-state index contributed by atoms with van der Waals surface area (Å²) in [5.74, 6) is -0.00316. The standard InChI is InChI=1S/C16H19N3O/c1-8-7-13(15(18)11(4)14(8)17)19-16-9(2)5-12(20)6-10(16)3/h5-7H,17-18H2,1-4H3. The number of carbonyl (C=O) groups excluding carboxylic acids is 1. The van der Waals surface area contributed by atoms with Crippen LogP contribution in [-0.2, 0) is 4.79 Å². The van der Waals surface area contributed by atoms with Crippen molar-refractivity contribution in [2.24, 2.45) is 4.99 Å². The first-order valence-corrected chi connectivity index (χ1v) is 6.46. The summed E-state index contributed by atoms with van der Waals surface area (Å²) < 4.78 is 0. The minimum atomic E-state index is -0.00316. The number of hydrogen-bond donors (Lipinski definition) is 2. The number of ketones is 1. The molecule has 0 radical (unpaired) electrons. The second-order valence-corrected chi connectivity index (χ2v) is 5.18. The van der Waals surface area contributed by atoms with Crippen molar-refractivity contribution in [1.29, 1.82) is 0 Å². The Balaban J connectivity index is 2.60. The third-order valence-corrected chi connectivity index (χ3v) is 3.56. The van der Waals surface area contributed by atoms with Crippen LogP contribution in [0.3, 0.4) is 0 Å². The first kappa shape index (κ1) is 14.1. The molecule has 104 valence electrons. The summed E-state index contributed by atoms with van der Waals surface area (Å²) in [6.45, 7) is 7.57. The van der Waals surface area contributed by atoms with Gasteiger partial charge in [0.1, 0.15) is 0 Å². The Labute approximate surface area is 118 Å². The van der Waals surface area contributed by atoms with E-state index in [0.717, 1.165) is 28.0 Å². The highest BCUT2D eigenvalue weighted by Gasteiger charge is 2.15. The number of carbonyl (C=O) groups is 1. The van der Waals surface area contributed by atoms with Gasteiger partial charge in [-0.3, -0.25) is 4.79 Å². The molecule has 1 aromatic rings. The molecule has 4 N–H and O–H groups in total. The van der Waals surface area contributed by atoms with E-state index in [0.29, 0.717) is 17.1 Å². The van der Waals surface area contributed by atoms with Crippen LogP contribution in [0.4, 0.5) is 17.1 Å². The molecule has 1 aliphatic carbocycles. The minimum Gasteiger partial charge on any atom is -0.398 e. The maximum atomic E-state index is 11.5. The van der Waals surface area contributed by atoms with E-state index in [1.54, 1.807) is 12.2 Å². The van der Waals surface area contributed by atoms with E-state index in [2.05, 4.69) is 4.99 Å². The largest absolute Gasteiger partial charge is 0.398 e. The fourth-order valence-corrected chi connectivity index (χ4v) is 2.30. The first-order chi connectivity index (χ1) is 9.31. The molecule has 0 amide bonds. The zero-order valence-electron chi connectivity index (χ0n) is 12.2. The van der Waals surface area contributed by atoms with Gasteiger partial charge in [-0.15, -0.1) is 0 Å². The number of nitrogens with two attached hydrogens (primary N) is 2. The van der Waals surface area contributed by atoms with Crippen molar-refractivity contribution >= 4 is 28.6 Å². The van der Waals surface area contributed by atoms with Crippen LogP contribution in [0.25, 0.3) is 0 Å². The van der Waals surface area contributed by atoms with Crippen LogP contribution >= 0.6 is 0 Å². The lowest BCUT2D eigenvalue weighted by atomic mass is 9.97. The third kappa shape index (κ3) is 2.37. The summed E-state index contributed by atoms with van der Waals surface area (Å²) in [6.07, 6.45) is 3.16. The molecule has 0 atom stereocenters. The molecule has 2 rings (SSSR count). The average molecular weight is 269 g/mol. The van der Waals surface area contributed by atoms with E-state index in [1.807, 2.05) is 33.8 Å². The van der Waals surface area contributed by atoms with Gasteiger partial charge >= 0.3 is 0 Å².